The molecule has 2 nitrogen and oxygen atoms in total. The number of hydrogen-bond acceptors (Lipinski definition) is 2. The quantitative estimate of drug-likeness (QED) is 0.654. The van der Waals surface area contributed by atoms with Crippen LogP contribution in [0.25, 0.3) is 0 Å². The zero-order valence-electron chi connectivity index (χ0n) is 10.8. The summed E-state index contributed by atoms with van der Waals surface area (Å²) in [7, 11) is 0. The van der Waals surface area contributed by atoms with Crippen LogP contribution in [-0.2, 0) is 0 Å². The van der Waals surface area contributed by atoms with E-state index in [1.807, 2.05) is 0 Å². The van der Waals surface area contributed by atoms with Crippen molar-refractivity contribution in [1.82, 2.24) is 9.80 Å². The van der Waals surface area contributed by atoms with Gasteiger partial charge >= 0.3 is 0 Å². The van der Waals surface area contributed by atoms with Crippen LogP contribution in [0.3, 0.4) is 0 Å². The largest absolute Gasteiger partial charge is 0.299 e. The predicted octanol–water partition coefficient (Wildman–Crippen LogP) is 2.20. The summed E-state index contributed by atoms with van der Waals surface area (Å²) < 4.78 is 0. The molecule has 2 rings (SSSR count). The van der Waals surface area contributed by atoms with Crippen LogP contribution >= 0.6 is 0 Å². The topological polar surface area (TPSA) is 6.48 Å². The molecule has 2 saturated heterocycles. The zero-order chi connectivity index (χ0) is 11.1. The number of nitrogens with zero attached hydrogens (tertiary/aromatic N) is 2. The van der Waals surface area contributed by atoms with Crippen molar-refractivity contribution >= 4 is 0 Å². The minimum atomic E-state index is 0.361. The lowest BCUT2D eigenvalue weighted by atomic mass is 10.1. The molecule has 0 aromatic rings. The molecule has 0 spiro atoms. The van der Waals surface area contributed by atoms with E-state index in [-0.39, 0.29) is 0 Å². The summed E-state index contributed by atoms with van der Waals surface area (Å²) in [5.74, 6) is 0.925. The molecular formula is C13H26N2. The Hall–Kier alpha value is -0.0800. The molecule has 0 bridgehead atoms. The van der Waals surface area contributed by atoms with Crippen LogP contribution in [0.15, 0.2) is 0 Å². The van der Waals surface area contributed by atoms with Crippen molar-refractivity contribution in [2.24, 2.45) is 5.92 Å². The van der Waals surface area contributed by atoms with Crippen molar-refractivity contribution in [2.75, 3.05) is 26.2 Å². The van der Waals surface area contributed by atoms with E-state index < -0.39 is 0 Å². The molecule has 2 aliphatic heterocycles. The molecule has 2 heterocycles. The van der Waals surface area contributed by atoms with E-state index in [0.717, 1.165) is 12.0 Å². The fraction of sp³-hybridized carbons (Fsp3) is 1.00. The van der Waals surface area contributed by atoms with E-state index >= 15 is 0 Å². The minimum Gasteiger partial charge on any atom is -0.299 e. The van der Waals surface area contributed by atoms with Gasteiger partial charge in [0.05, 0.1) is 0 Å². The summed E-state index contributed by atoms with van der Waals surface area (Å²) in [6.07, 6.45) is 2.79. The van der Waals surface area contributed by atoms with Gasteiger partial charge in [0.2, 0.25) is 0 Å². The van der Waals surface area contributed by atoms with Crippen LogP contribution in [-0.4, -0.2) is 47.6 Å². The second-order valence-corrected chi connectivity index (χ2v) is 6.45. The molecule has 2 aliphatic rings. The predicted molar refractivity (Wildman–Crippen MR) is 65.1 cm³/mol. The molecule has 0 N–H and O–H groups in total. The van der Waals surface area contributed by atoms with Crippen molar-refractivity contribution in [3.05, 3.63) is 0 Å². The lowest BCUT2D eigenvalue weighted by Crippen LogP contribution is -2.42. The highest BCUT2D eigenvalue weighted by Gasteiger charge is 2.35. The smallest absolute Gasteiger partial charge is 0.0235 e. The molecular weight excluding hydrogens is 184 g/mol. The molecule has 0 saturated carbocycles. The van der Waals surface area contributed by atoms with Gasteiger partial charge < -0.3 is 0 Å². The van der Waals surface area contributed by atoms with Gasteiger partial charge in [-0.15, -0.1) is 0 Å². The second kappa shape index (κ2) is 4.06. The maximum Gasteiger partial charge on any atom is 0.0235 e. The average molecular weight is 210 g/mol. The zero-order valence-corrected chi connectivity index (χ0v) is 10.8. The van der Waals surface area contributed by atoms with E-state index in [2.05, 4.69) is 37.5 Å². The third kappa shape index (κ3) is 2.54. The lowest BCUT2D eigenvalue weighted by Gasteiger charge is -2.32. The van der Waals surface area contributed by atoms with Crippen molar-refractivity contribution in [3.8, 4) is 0 Å². The summed E-state index contributed by atoms with van der Waals surface area (Å²) >= 11 is 0. The third-order valence-corrected chi connectivity index (χ3v) is 4.08. The van der Waals surface area contributed by atoms with E-state index in [9.17, 15) is 0 Å². The van der Waals surface area contributed by atoms with Crippen LogP contribution in [0.2, 0.25) is 0 Å². The Bertz CT molecular complexity index is 219. The number of likely N-dealkylation sites (tertiary alicyclic amines) is 2. The van der Waals surface area contributed by atoms with Crippen LogP contribution in [0.5, 0.6) is 0 Å². The molecule has 2 atom stereocenters. The first kappa shape index (κ1) is 11.4. The Morgan fingerprint density at radius 1 is 1.00 bits per heavy atom. The Kier molecular flexibility index (Phi) is 3.09. The first-order chi connectivity index (χ1) is 6.97. The standard InChI is InChI=1S/C13H26N2/c1-11-5-7-14(9-11)12-6-8-15(10-12)13(2,3)4/h11-12H,5-10H2,1-4H3/t11-,12-/m1/s1. The normalized spacial score (nSPS) is 35.2. The first-order valence-electron chi connectivity index (χ1n) is 6.46. The Labute approximate surface area is 94.6 Å². The molecule has 0 unspecified atom stereocenters. The van der Waals surface area contributed by atoms with Crippen LogP contribution < -0.4 is 0 Å². The van der Waals surface area contributed by atoms with Gasteiger partial charge in [-0.3, -0.25) is 9.80 Å². The van der Waals surface area contributed by atoms with Gasteiger partial charge in [-0.2, -0.15) is 0 Å². The first-order valence-corrected chi connectivity index (χ1v) is 6.46. The lowest BCUT2D eigenvalue weighted by molar-refractivity contribution is 0.152. The Balaban J connectivity index is 1.87. The molecule has 0 amide bonds. The molecule has 2 heteroatoms. The number of rotatable bonds is 1. The highest BCUT2D eigenvalue weighted by atomic mass is 15.3. The Morgan fingerprint density at radius 2 is 1.73 bits per heavy atom. The average Bonchev–Trinajstić information content (AvgIpc) is 2.69. The fourth-order valence-electron chi connectivity index (χ4n) is 2.95. The highest BCUT2D eigenvalue weighted by molar-refractivity contribution is 4.91. The molecule has 0 aromatic heterocycles. The van der Waals surface area contributed by atoms with Crippen molar-refractivity contribution in [2.45, 2.75) is 52.1 Å². The van der Waals surface area contributed by atoms with Crippen molar-refractivity contribution < 1.29 is 0 Å². The maximum atomic E-state index is 2.72. The third-order valence-electron chi connectivity index (χ3n) is 4.08. The van der Waals surface area contributed by atoms with Gasteiger partial charge in [-0.1, -0.05) is 6.92 Å². The van der Waals surface area contributed by atoms with E-state index in [4.69, 9.17) is 0 Å². The summed E-state index contributed by atoms with van der Waals surface area (Å²) in [6, 6.07) is 0.842. The van der Waals surface area contributed by atoms with E-state index in [1.54, 1.807) is 0 Å². The van der Waals surface area contributed by atoms with Gasteiger partial charge in [-0.05, 0) is 46.1 Å². The van der Waals surface area contributed by atoms with Crippen molar-refractivity contribution in [1.29, 1.82) is 0 Å². The van der Waals surface area contributed by atoms with Crippen LogP contribution in [0, 0.1) is 5.92 Å². The molecule has 15 heavy (non-hydrogen) atoms. The van der Waals surface area contributed by atoms with Crippen molar-refractivity contribution in [3.63, 3.8) is 0 Å². The van der Waals surface area contributed by atoms with Gasteiger partial charge in [0, 0.05) is 31.2 Å². The summed E-state index contributed by atoms with van der Waals surface area (Å²) in [5, 5.41) is 0. The summed E-state index contributed by atoms with van der Waals surface area (Å²) in [4.78, 5) is 5.36. The van der Waals surface area contributed by atoms with E-state index in [0.29, 0.717) is 5.54 Å². The van der Waals surface area contributed by atoms with Gasteiger partial charge in [0.15, 0.2) is 0 Å². The minimum absolute atomic E-state index is 0.361. The molecule has 0 radical (unpaired) electrons. The second-order valence-electron chi connectivity index (χ2n) is 6.45. The van der Waals surface area contributed by atoms with Gasteiger partial charge in [-0.25, -0.2) is 0 Å². The van der Waals surface area contributed by atoms with Gasteiger partial charge in [0.25, 0.3) is 0 Å². The molecule has 88 valence electrons. The molecule has 0 aliphatic carbocycles. The SMILES string of the molecule is C[C@@H]1CCN([C@@H]2CCN(C(C)(C)C)C2)C1. The molecule has 0 aromatic carbocycles. The van der Waals surface area contributed by atoms with Crippen LogP contribution in [0.1, 0.15) is 40.5 Å². The summed E-state index contributed by atoms with van der Waals surface area (Å²) in [5.41, 5.74) is 0.361. The number of hydrogen-bond donors (Lipinski definition) is 0. The van der Waals surface area contributed by atoms with Gasteiger partial charge in [0.1, 0.15) is 0 Å². The molecule has 2 fully saturated rings. The maximum absolute atomic E-state index is 2.72. The monoisotopic (exact) mass is 210 g/mol. The van der Waals surface area contributed by atoms with E-state index in [1.165, 1.54) is 39.0 Å². The Morgan fingerprint density at radius 3 is 2.20 bits per heavy atom. The fourth-order valence-corrected chi connectivity index (χ4v) is 2.95. The highest BCUT2D eigenvalue weighted by Crippen LogP contribution is 2.27. The summed E-state index contributed by atoms with van der Waals surface area (Å²) in [6.45, 7) is 14.6. The van der Waals surface area contributed by atoms with Crippen LogP contribution in [0.4, 0.5) is 0 Å².